The average Bonchev–Trinajstić information content (AvgIpc) is 2.93. The minimum Gasteiger partial charge on any atom is -0.477 e. The number of hydrogen-bond acceptors (Lipinski definition) is 3. The fourth-order valence-electron chi connectivity index (χ4n) is 1.50. The van der Waals surface area contributed by atoms with Crippen molar-refractivity contribution in [2.24, 2.45) is 5.92 Å². The zero-order valence-electron chi connectivity index (χ0n) is 10.5. The van der Waals surface area contributed by atoms with Gasteiger partial charge in [-0.2, -0.15) is 8.78 Å². The Morgan fingerprint density at radius 1 is 1.33 bits per heavy atom. The molecule has 0 bridgehead atoms. The molecule has 1 saturated carbocycles. The lowest BCUT2D eigenvalue weighted by Gasteiger charge is -2.26. The second-order valence-electron chi connectivity index (χ2n) is 5.39. The summed E-state index contributed by atoms with van der Waals surface area (Å²) in [5.74, 6) is -6.74. The first-order chi connectivity index (χ1) is 8.04. The summed E-state index contributed by atoms with van der Waals surface area (Å²) in [6, 6.07) is -1.72. The predicted octanol–water partition coefficient (Wildman–Crippen LogP) is 2.01. The van der Waals surface area contributed by atoms with Crippen LogP contribution in [-0.2, 0) is 9.53 Å². The van der Waals surface area contributed by atoms with Gasteiger partial charge in [-0.25, -0.2) is 9.59 Å². The molecule has 1 fully saturated rings. The Balaban J connectivity index is 2.70. The molecule has 0 radical (unpaired) electrons. The molecule has 0 aromatic rings. The maximum Gasteiger partial charge on any atom is 0.408 e. The minimum atomic E-state index is -3.99. The molecule has 0 aliphatic heterocycles. The summed E-state index contributed by atoms with van der Waals surface area (Å²) in [7, 11) is 0. The normalized spacial score (nSPS) is 18.1. The van der Waals surface area contributed by atoms with E-state index in [-0.39, 0.29) is 0 Å². The number of carboxylic acid groups (broad SMARTS) is 1. The summed E-state index contributed by atoms with van der Waals surface area (Å²) >= 11 is 0. The van der Waals surface area contributed by atoms with E-state index in [0.717, 1.165) is 0 Å². The van der Waals surface area contributed by atoms with Gasteiger partial charge in [0.15, 0.2) is 0 Å². The Morgan fingerprint density at radius 2 is 1.83 bits per heavy atom. The second kappa shape index (κ2) is 4.70. The van der Waals surface area contributed by atoms with Crippen LogP contribution in [0.4, 0.5) is 13.6 Å². The first-order valence-corrected chi connectivity index (χ1v) is 5.65. The van der Waals surface area contributed by atoms with E-state index in [1.165, 1.54) is 0 Å². The number of rotatable bonds is 4. The van der Waals surface area contributed by atoms with E-state index in [4.69, 9.17) is 9.84 Å². The number of carboxylic acids is 1. The van der Waals surface area contributed by atoms with Gasteiger partial charge < -0.3 is 15.2 Å². The first kappa shape index (κ1) is 14.7. The van der Waals surface area contributed by atoms with E-state index in [0.29, 0.717) is 12.8 Å². The van der Waals surface area contributed by atoms with Crippen LogP contribution in [-0.4, -0.2) is 34.7 Å². The van der Waals surface area contributed by atoms with Crippen molar-refractivity contribution in [2.75, 3.05) is 0 Å². The molecule has 1 aliphatic rings. The highest BCUT2D eigenvalue weighted by Gasteiger charge is 2.55. The van der Waals surface area contributed by atoms with Gasteiger partial charge in [-0.05, 0) is 39.5 Å². The third-order valence-electron chi connectivity index (χ3n) is 2.44. The third kappa shape index (κ3) is 3.82. The smallest absolute Gasteiger partial charge is 0.408 e. The fourth-order valence-corrected chi connectivity index (χ4v) is 1.50. The van der Waals surface area contributed by atoms with Gasteiger partial charge in [-0.1, -0.05) is 0 Å². The molecule has 0 saturated heterocycles. The number of carbonyl (C=O) groups is 2. The number of carbonyl (C=O) groups excluding carboxylic acids is 1. The summed E-state index contributed by atoms with van der Waals surface area (Å²) in [5.41, 5.74) is -0.823. The molecular weight excluding hydrogens is 248 g/mol. The highest BCUT2D eigenvalue weighted by Crippen LogP contribution is 2.39. The van der Waals surface area contributed by atoms with Crippen molar-refractivity contribution >= 4 is 12.1 Å². The molecule has 18 heavy (non-hydrogen) atoms. The molecule has 1 aliphatic carbocycles. The Hall–Kier alpha value is -1.40. The zero-order chi connectivity index (χ0) is 14.1. The average molecular weight is 265 g/mol. The predicted molar refractivity (Wildman–Crippen MR) is 58.5 cm³/mol. The number of ether oxygens (including phenoxy) is 1. The maximum absolute atomic E-state index is 13.4. The van der Waals surface area contributed by atoms with Crippen molar-refractivity contribution in [1.29, 1.82) is 0 Å². The van der Waals surface area contributed by atoms with E-state index in [9.17, 15) is 18.4 Å². The summed E-state index contributed by atoms with van der Waals surface area (Å²) in [6.45, 7) is 4.77. The molecule has 7 heteroatoms. The Kier molecular flexibility index (Phi) is 3.83. The van der Waals surface area contributed by atoms with Crippen LogP contribution in [0.1, 0.15) is 33.6 Å². The summed E-state index contributed by atoms with van der Waals surface area (Å²) in [5, 5.41) is 10.5. The largest absolute Gasteiger partial charge is 0.477 e. The first-order valence-electron chi connectivity index (χ1n) is 5.65. The van der Waals surface area contributed by atoms with Gasteiger partial charge in [0.2, 0.25) is 0 Å². The molecule has 1 atom stereocenters. The van der Waals surface area contributed by atoms with Crippen LogP contribution in [0, 0.1) is 5.92 Å². The maximum atomic E-state index is 13.4. The van der Waals surface area contributed by atoms with Crippen molar-refractivity contribution < 1.29 is 28.2 Å². The molecule has 0 aromatic carbocycles. The van der Waals surface area contributed by atoms with Crippen LogP contribution in [0.2, 0.25) is 0 Å². The number of halogens is 2. The van der Waals surface area contributed by atoms with Crippen LogP contribution in [0.3, 0.4) is 0 Å². The van der Waals surface area contributed by atoms with E-state index in [2.05, 4.69) is 0 Å². The molecule has 0 heterocycles. The molecule has 1 rings (SSSR count). The Labute approximate surface area is 103 Å². The molecular formula is C11H17F2NO4. The van der Waals surface area contributed by atoms with Crippen molar-refractivity contribution in [3.05, 3.63) is 0 Å². The number of nitrogens with one attached hydrogen (secondary N) is 1. The summed E-state index contributed by atoms with van der Waals surface area (Å²) in [4.78, 5) is 21.9. The van der Waals surface area contributed by atoms with E-state index < -0.39 is 35.5 Å². The molecule has 0 spiro atoms. The van der Waals surface area contributed by atoms with Gasteiger partial charge >= 0.3 is 18.0 Å². The molecule has 0 unspecified atom stereocenters. The number of aliphatic carboxylic acids is 1. The van der Waals surface area contributed by atoms with E-state index in [1.54, 1.807) is 20.8 Å². The highest BCUT2D eigenvalue weighted by molar-refractivity contribution is 5.78. The quantitative estimate of drug-likeness (QED) is 0.815. The lowest BCUT2D eigenvalue weighted by Crippen LogP contribution is -2.54. The molecule has 104 valence electrons. The highest BCUT2D eigenvalue weighted by atomic mass is 19.3. The van der Waals surface area contributed by atoms with Crippen LogP contribution >= 0.6 is 0 Å². The van der Waals surface area contributed by atoms with Gasteiger partial charge in [-0.15, -0.1) is 0 Å². The van der Waals surface area contributed by atoms with Crippen LogP contribution in [0.5, 0.6) is 0 Å². The lowest BCUT2D eigenvalue weighted by molar-refractivity contribution is -0.170. The lowest BCUT2D eigenvalue weighted by atomic mass is 10.1. The fraction of sp³-hybridized carbons (Fsp3) is 0.818. The van der Waals surface area contributed by atoms with Crippen molar-refractivity contribution in [3.8, 4) is 0 Å². The molecule has 0 aromatic heterocycles. The number of amides is 1. The monoisotopic (exact) mass is 265 g/mol. The standard InChI is InChI=1S/C11H17F2NO4/c1-10(2,3)18-9(17)14-7(6-4-5-6)11(12,13)8(15)16/h6-7H,4-5H2,1-3H3,(H,14,17)(H,15,16)/t7-/m0/s1. The van der Waals surface area contributed by atoms with E-state index >= 15 is 0 Å². The molecule has 2 N–H and O–H groups in total. The van der Waals surface area contributed by atoms with Crippen LogP contribution in [0.15, 0.2) is 0 Å². The third-order valence-corrected chi connectivity index (χ3v) is 2.44. The second-order valence-corrected chi connectivity index (χ2v) is 5.39. The Bertz CT molecular complexity index is 347. The summed E-state index contributed by atoms with van der Waals surface area (Å²) < 4.78 is 31.7. The van der Waals surface area contributed by atoms with Crippen molar-refractivity contribution in [1.82, 2.24) is 5.32 Å². The van der Waals surface area contributed by atoms with Gasteiger partial charge in [0.1, 0.15) is 11.6 Å². The van der Waals surface area contributed by atoms with Crippen molar-refractivity contribution in [2.45, 2.75) is 51.2 Å². The number of alkyl halides is 2. The SMILES string of the molecule is CC(C)(C)OC(=O)N[C@@H](C1CC1)C(F)(F)C(=O)O. The Morgan fingerprint density at radius 3 is 2.17 bits per heavy atom. The topological polar surface area (TPSA) is 75.6 Å². The molecule has 1 amide bonds. The van der Waals surface area contributed by atoms with Gasteiger partial charge in [0.25, 0.3) is 0 Å². The summed E-state index contributed by atoms with van der Waals surface area (Å²) in [6.07, 6.45) is -0.0764. The van der Waals surface area contributed by atoms with E-state index in [1.807, 2.05) is 5.32 Å². The van der Waals surface area contributed by atoms with Gasteiger partial charge in [0, 0.05) is 0 Å². The number of alkyl carbamates (subject to hydrolysis) is 1. The van der Waals surface area contributed by atoms with Crippen LogP contribution in [0.25, 0.3) is 0 Å². The minimum absolute atomic E-state index is 0.476. The van der Waals surface area contributed by atoms with Crippen molar-refractivity contribution in [3.63, 3.8) is 0 Å². The molecule has 5 nitrogen and oxygen atoms in total. The van der Waals surface area contributed by atoms with Gasteiger partial charge in [-0.3, -0.25) is 0 Å². The zero-order valence-corrected chi connectivity index (χ0v) is 10.5. The number of hydrogen-bond donors (Lipinski definition) is 2. The van der Waals surface area contributed by atoms with Gasteiger partial charge in [0.05, 0.1) is 0 Å². The van der Waals surface area contributed by atoms with Crippen LogP contribution < -0.4 is 5.32 Å².